The molecule has 5 nitrogen and oxygen atoms in total. The van der Waals surface area contributed by atoms with E-state index in [4.69, 9.17) is 14.2 Å². The maximum absolute atomic E-state index is 14.6. The number of ether oxygens (including phenoxy) is 3. The van der Waals surface area contributed by atoms with Crippen LogP contribution in [-0.4, -0.2) is 26.2 Å². The molecule has 0 amide bonds. The normalized spacial score (nSPS) is 11.0. The van der Waals surface area contributed by atoms with E-state index in [0.717, 1.165) is 5.56 Å². The first-order valence-corrected chi connectivity index (χ1v) is 8.44. The largest absolute Gasteiger partial charge is 0.496 e. The molecule has 0 fully saturated rings. The summed E-state index contributed by atoms with van der Waals surface area (Å²) in [6, 6.07) is 11.8. The Bertz CT molecular complexity index is 815. The third-order valence-electron chi connectivity index (χ3n) is 4.32. The molecule has 2 aromatic rings. The second kappa shape index (κ2) is 8.66. The molecule has 6 heteroatoms. The third kappa shape index (κ3) is 4.84. The second-order valence-electron chi connectivity index (χ2n) is 6.58. The summed E-state index contributed by atoms with van der Waals surface area (Å²) >= 11 is 0. The SMILES string of the molecule is COC(=O)C(C)(C)c1cc(F)c(CC(=O)OCc2ccccc2)cc1OC. The number of halogens is 1. The zero-order valence-electron chi connectivity index (χ0n) is 15.9. The van der Waals surface area contributed by atoms with E-state index >= 15 is 0 Å². The van der Waals surface area contributed by atoms with Gasteiger partial charge in [-0.25, -0.2) is 4.39 Å². The quantitative estimate of drug-likeness (QED) is 0.694. The van der Waals surface area contributed by atoms with Crippen molar-refractivity contribution < 1.29 is 28.2 Å². The molecule has 0 saturated carbocycles. The molecule has 0 spiro atoms. The Labute approximate surface area is 158 Å². The lowest BCUT2D eigenvalue weighted by atomic mass is 9.83. The molecule has 27 heavy (non-hydrogen) atoms. The predicted octanol–water partition coefficient (Wildman–Crippen LogP) is 3.57. The van der Waals surface area contributed by atoms with E-state index in [1.165, 1.54) is 26.4 Å². The highest BCUT2D eigenvalue weighted by molar-refractivity contribution is 5.83. The van der Waals surface area contributed by atoms with Crippen LogP contribution in [0.4, 0.5) is 4.39 Å². The zero-order valence-corrected chi connectivity index (χ0v) is 15.9. The number of hydrogen-bond acceptors (Lipinski definition) is 5. The van der Waals surface area contributed by atoms with Gasteiger partial charge in [0.25, 0.3) is 0 Å². The van der Waals surface area contributed by atoms with Gasteiger partial charge in [0.05, 0.1) is 26.1 Å². The molecule has 0 aliphatic carbocycles. The van der Waals surface area contributed by atoms with Gasteiger partial charge in [0.1, 0.15) is 18.2 Å². The maximum Gasteiger partial charge on any atom is 0.315 e. The van der Waals surface area contributed by atoms with Gasteiger partial charge in [0, 0.05) is 11.1 Å². The average molecular weight is 374 g/mol. The highest BCUT2D eigenvalue weighted by Crippen LogP contribution is 2.35. The van der Waals surface area contributed by atoms with Crippen LogP contribution in [0.1, 0.15) is 30.5 Å². The summed E-state index contributed by atoms with van der Waals surface area (Å²) < 4.78 is 29.9. The Morgan fingerprint density at radius 2 is 1.74 bits per heavy atom. The summed E-state index contributed by atoms with van der Waals surface area (Å²) in [6.45, 7) is 3.35. The smallest absolute Gasteiger partial charge is 0.315 e. The van der Waals surface area contributed by atoms with E-state index < -0.39 is 23.2 Å². The van der Waals surface area contributed by atoms with Crippen molar-refractivity contribution in [2.75, 3.05) is 14.2 Å². The van der Waals surface area contributed by atoms with E-state index in [2.05, 4.69) is 0 Å². The average Bonchev–Trinajstić information content (AvgIpc) is 2.67. The van der Waals surface area contributed by atoms with E-state index in [0.29, 0.717) is 11.3 Å². The Kier molecular flexibility index (Phi) is 6.55. The van der Waals surface area contributed by atoms with Crippen LogP contribution >= 0.6 is 0 Å². The van der Waals surface area contributed by atoms with Crippen molar-refractivity contribution in [3.05, 3.63) is 65.0 Å². The molecular weight excluding hydrogens is 351 g/mol. The molecule has 144 valence electrons. The molecule has 2 rings (SSSR count). The van der Waals surface area contributed by atoms with Crippen molar-refractivity contribution in [1.29, 1.82) is 0 Å². The molecule has 0 unspecified atom stereocenters. The van der Waals surface area contributed by atoms with Crippen LogP contribution in [0.5, 0.6) is 5.75 Å². The zero-order chi connectivity index (χ0) is 20.0. The van der Waals surface area contributed by atoms with E-state index in [1.807, 2.05) is 30.3 Å². The minimum Gasteiger partial charge on any atom is -0.496 e. The molecule has 0 aliphatic heterocycles. The molecule has 0 atom stereocenters. The van der Waals surface area contributed by atoms with Crippen LogP contribution in [-0.2, 0) is 37.5 Å². The van der Waals surface area contributed by atoms with Crippen LogP contribution in [0.15, 0.2) is 42.5 Å². The van der Waals surface area contributed by atoms with Gasteiger partial charge in [-0.3, -0.25) is 9.59 Å². The fourth-order valence-corrected chi connectivity index (χ4v) is 2.70. The third-order valence-corrected chi connectivity index (χ3v) is 4.32. The first-order valence-electron chi connectivity index (χ1n) is 8.44. The van der Waals surface area contributed by atoms with Crippen molar-refractivity contribution >= 4 is 11.9 Å². The van der Waals surface area contributed by atoms with Gasteiger partial charge in [-0.15, -0.1) is 0 Å². The minimum absolute atomic E-state index is 0.117. The van der Waals surface area contributed by atoms with E-state index in [9.17, 15) is 14.0 Å². The number of methoxy groups -OCH3 is 2. The number of carbonyl (C=O) groups is 2. The maximum atomic E-state index is 14.6. The first kappa shape index (κ1) is 20.4. The Morgan fingerprint density at radius 1 is 1.07 bits per heavy atom. The molecule has 0 bridgehead atoms. The van der Waals surface area contributed by atoms with Crippen LogP contribution < -0.4 is 4.74 Å². The number of hydrogen-bond donors (Lipinski definition) is 0. The van der Waals surface area contributed by atoms with Gasteiger partial charge in [-0.2, -0.15) is 0 Å². The van der Waals surface area contributed by atoms with Crippen molar-refractivity contribution in [2.45, 2.75) is 32.3 Å². The van der Waals surface area contributed by atoms with Gasteiger partial charge < -0.3 is 14.2 Å². The lowest BCUT2D eigenvalue weighted by Crippen LogP contribution is -2.31. The molecule has 0 N–H and O–H groups in total. The molecular formula is C21H23FO5. The fraction of sp³-hybridized carbons (Fsp3) is 0.333. The van der Waals surface area contributed by atoms with Gasteiger partial charge in [0.15, 0.2) is 0 Å². The number of rotatable bonds is 7. The molecule has 0 aliphatic rings. The van der Waals surface area contributed by atoms with E-state index in [1.54, 1.807) is 13.8 Å². The number of benzene rings is 2. The summed E-state index contributed by atoms with van der Waals surface area (Å²) in [6.07, 6.45) is -0.242. The molecule has 0 heterocycles. The predicted molar refractivity (Wildman–Crippen MR) is 97.9 cm³/mol. The fourth-order valence-electron chi connectivity index (χ4n) is 2.70. The van der Waals surface area contributed by atoms with E-state index in [-0.39, 0.29) is 18.6 Å². The van der Waals surface area contributed by atoms with Crippen LogP contribution in [0.3, 0.4) is 0 Å². The molecule has 0 saturated heterocycles. The lowest BCUT2D eigenvalue weighted by molar-refractivity contribution is -0.146. The summed E-state index contributed by atoms with van der Waals surface area (Å²) in [4.78, 5) is 24.1. The van der Waals surface area contributed by atoms with Crippen molar-refractivity contribution in [3.63, 3.8) is 0 Å². The Morgan fingerprint density at radius 3 is 2.33 bits per heavy atom. The van der Waals surface area contributed by atoms with Gasteiger partial charge in [-0.1, -0.05) is 30.3 Å². The van der Waals surface area contributed by atoms with Crippen LogP contribution in [0.25, 0.3) is 0 Å². The van der Waals surface area contributed by atoms with Crippen LogP contribution in [0.2, 0.25) is 0 Å². The number of esters is 2. The summed E-state index contributed by atoms with van der Waals surface area (Å²) in [5.74, 6) is -1.38. The van der Waals surface area contributed by atoms with Gasteiger partial charge in [-0.05, 0) is 31.5 Å². The highest BCUT2D eigenvalue weighted by Gasteiger charge is 2.35. The van der Waals surface area contributed by atoms with Crippen molar-refractivity contribution in [1.82, 2.24) is 0 Å². The minimum atomic E-state index is -1.10. The summed E-state index contributed by atoms with van der Waals surface area (Å²) in [5.41, 5.74) is 0.219. The van der Waals surface area contributed by atoms with Crippen molar-refractivity contribution in [2.24, 2.45) is 0 Å². The van der Waals surface area contributed by atoms with Crippen molar-refractivity contribution in [3.8, 4) is 5.75 Å². The second-order valence-corrected chi connectivity index (χ2v) is 6.58. The van der Waals surface area contributed by atoms with Gasteiger partial charge >= 0.3 is 11.9 Å². The monoisotopic (exact) mass is 374 g/mol. The highest BCUT2D eigenvalue weighted by atomic mass is 19.1. The summed E-state index contributed by atoms with van der Waals surface area (Å²) in [5, 5.41) is 0. The van der Waals surface area contributed by atoms with Gasteiger partial charge in [0.2, 0.25) is 0 Å². The standard InChI is InChI=1S/C21H23FO5/c1-21(2,20(24)26-4)16-12-17(22)15(10-18(16)25-3)11-19(23)27-13-14-8-6-5-7-9-14/h5-10,12H,11,13H2,1-4H3. The topological polar surface area (TPSA) is 61.8 Å². The Hall–Kier alpha value is -2.89. The molecule has 0 aromatic heterocycles. The first-order chi connectivity index (χ1) is 12.8. The molecule has 2 aromatic carbocycles. The molecule has 0 radical (unpaired) electrons. The summed E-state index contributed by atoms with van der Waals surface area (Å²) in [7, 11) is 2.69. The van der Waals surface area contributed by atoms with Crippen LogP contribution in [0, 0.1) is 5.82 Å². The number of carbonyl (C=O) groups excluding carboxylic acids is 2. The Balaban J connectivity index is 2.18. The lowest BCUT2D eigenvalue weighted by Gasteiger charge is -2.25.